The summed E-state index contributed by atoms with van der Waals surface area (Å²) >= 11 is 0. The molecule has 21 heavy (non-hydrogen) atoms. The van der Waals surface area contributed by atoms with Crippen molar-refractivity contribution in [3.63, 3.8) is 0 Å². The lowest BCUT2D eigenvalue weighted by atomic mass is 10.2. The molecule has 1 unspecified atom stereocenters. The van der Waals surface area contributed by atoms with E-state index < -0.39 is 41.5 Å². The summed E-state index contributed by atoms with van der Waals surface area (Å²) in [7, 11) is 0. The fraction of sp³-hybridized carbons (Fsp3) is 0.333. The van der Waals surface area contributed by atoms with Gasteiger partial charge in [0.1, 0.15) is 0 Å². The van der Waals surface area contributed by atoms with Gasteiger partial charge in [0.15, 0.2) is 17.5 Å². The standard InChI is InChI=1S/C12H14F3N3O2.ClH/c1-6(16)4-9(19)17-5-10(20)18-8-3-2-7(13)11(14)12(8)15;/h2-3,6H,4-5,16H2,1H3,(H,17,19)(H,18,20);1H. The molecular weight excluding hydrogens is 311 g/mol. The molecule has 4 N–H and O–H groups in total. The van der Waals surface area contributed by atoms with Crippen molar-refractivity contribution in [3.8, 4) is 0 Å². The number of rotatable bonds is 5. The fourth-order valence-corrected chi connectivity index (χ4v) is 1.36. The van der Waals surface area contributed by atoms with Crippen molar-refractivity contribution in [3.05, 3.63) is 29.6 Å². The highest BCUT2D eigenvalue weighted by molar-refractivity contribution is 5.94. The zero-order valence-electron chi connectivity index (χ0n) is 11.1. The largest absolute Gasteiger partial charge is 0.347 e. The molecule has 0 spiro atoms. The molecule has 1 aromatic rings. The Morgan fingerprint density at radius 1 is 1.19 bits per heavy atom. The third-order valence-electron chi connectivity index (χ3n) is 2.26. The van der Waals surface area contributed by atoms with Crippen molar-refractivity contribution in [2.75, 3.05) is 11.9 Å². The molecule has 0 aromatic heterocycles. The van der Waals surface area contributed by atoms with Crippen LogP contribution in [0.2, 0.25) is 0 Å². The summed E-state index contributed by atoms with van der Waals surface area (Å²) in [5, 5.41) is 4.28. The SMILES string of the molecule is CC(N)CC(=O)NCC(=O)Nc1ccc(F)c(F)c1F.Cl. The fourth-order valence-electron chi connectivity index (χ4n) is 1.36. The number of halogens is 4. The molecule has 1 atom stereocenters. The average Bonchev–Trinajstić information content (AvgIpc) is 2.36. The summed E-state index contributed by atoms with van der Waals surface area (Å²) in [6.45, 7) is 1.19. The highest BCUT2D eigenvalue weighted by atomic mass is 35.5. The summed E-state index contributed by atoms with van der Waals surface area (Å²) in [6.07, 6.45) is 0.0345. The molecule has 0 bridgehead atoms. The van der Waals surface area contributed by atoms with Crippen LogP contribution in [0.15, 0.2) is 12.1 Å². The van der Waals surface area contributed by atoms with Crippen LogP contribution in [0, 0.1) is 17.5 Å². The highest BCUT2D eigenvalue weighted by Gasteiger charge is 2.15. The number of nitrogens with two attached hydrogens (primary N) is 1. The summed E-state index contributed by atoms with van der Waals surface area (Å²) in [5.74, 6) is -5.75. The predicted molar refractivity (Wildman–Crippen MR) is 73.5 cm³/mol. The van der Waals surface area contributed by atoms with Gasteiger partial charge >= 0.3 is 0 Å². The summed E-state index contributed by atoms with van der Waals surface area (Å²) in [4.78, 5) is 22.6. The molecule has 0 aliphatic heterocycles. The van der Waals surface area contributed by atoms with Crippen molar-refractivity contribution in [2.45, 2.75) is 19.4 Å². The van der Waals surface area contributed by atoms with Gasteiger partial charge in [-0.05, 0) is 19.1 Å². The molecule has 0 heterocycles. The second-order valence-electron chi connectivity index (χ2n) is 4.23. The average molecular weight is 326 g/mol. The molecule has 1 aromatic carbocycles. The third-order valence-corrected chi connectivity index (χ3v) is 2.26. The highest BCUT2D eigenvalue weighted by Crippen LogP contribution is 2.19. The maximum atomic E-state index is 13.3. The van der Waals surface area contributed by atoms with Crippen LogP contribution in [0.1, 0.15) is 13.3 Å². The van der Waals surface area contributed by atoms with E-state index in [2.05, 4.69) is 5.32 Å². The molecule has 0 saturated heterocycles. The molecule has 0 saturated carbocycles. The van der Waals surface area contributed by atoms with Gasteiger partial charge in [-0.1, -0.05) is 0 Å². The Morgan fingerprint density at radius 2 is 1.81 bits per heavy atom. The molecule has 0 radical (unpaired) electrons. The summed E-state index contributed by atoms with van der Waals surface area (Å²) in [5.41, 5.74) is 4.88. The number of carbonyl (C=O) groups excluding carboxylic acids is 2. The minimum Gasteiger partial charge on any atom is -0.347 e. The Kier molecular flexibility index (Phi) is 7.75. The van der Waals surface area contributed by atoms with Crippen molar-refractivity contribution < 1.29 is 22.8 Å². The smallest absolute Gasteiger partial charge is 0.243 e. The van der Waals surface area contributed by atoms with E-state index in [0.29, 0.717) is 6.07 Å². The van der Waals surface area contributed by atoms with Gasteiger partial charge in [0.05, 0.1) is 12.2 Å². The van der Waals surface area contributed by atoms with Gasteiger partial charge in [0.25, 0.3) is 0 Å². The van der Waals surface area contributed by atoms with Gasteiger partial charge in [-0.2, -0.15) is 0 Å². The first-order valence-electron chi connectivity index (χ1n) is 5.77. The van der Waals surface area contributed by atoms with Gasteiger partial charge in [-0.15, -0.1) is 12.4 Å². The number of benzene rings is 1. The normalized spacial score (nSPS) is 11.3. The molecule has 5 nitrogen and oxygen atoms in total. The molecule has 0 aliphatic carbocycles. The van der Waals surface area contributed by atoms with E-state index >= 15 is 0 Å². The zero-order valence-corrected chi connectivity index (χ0v) is 11.9. The topological polar surface area (TPSA) is 84.2 Å². The maximum Gasteiger partial charge on any atom is 0.243 e. The van der Waals surface area contributed by atoms with Crippen molar-refractivity contribution in [2.24, 2.45) is 5.73 Å². The number of amides is 2. The van der Waals surface area contributed by atoms with E-state index in [9.17, 15) is 22.8 Å². The van der Waals surface area contributed by atoms with E-state index in [1.165, 1.54) is 0 Å². The second kappa shape index (κ2) is 8.48. The molecule has 0 aliphatic rings. The van der Waals surface area contributed by atoms with Crippen LogP contribution < -0.4 is 16.4 Å². The first-order valence-corrected chi connectivity index (χ1v) is 5.77. The van der Waals surface area contributed by atoms with Crippen LogP contribution in [-0.4, -0.2) is 24.4 Å². The van der Waals surface area contributed by atoms with Crippen LogP contribution in [0.3, 0.4) is 0 Å². The number of nitrogens with one attached hydrogen (secondary N) is 2. The molecule has 0 fully saturated rings. The Morgan fingerprint density at radius 3 is 2.38 bits per heavy atom. The van der Waals surface area contributed by atoms with Crippen molar-refractivity contribution >= 4 is 29.9 Å². The minimum absolute atomic E-state index is 0. The van der Waals surface area contributed by atoms with Crippen LogP contribution >= 0.6 is 12.4 Å². The van der Waals surface area contributed by atoms with Crippen LogP contribution in [0.25, 0.3) is 0 Å². The van der Waals surface area contributed by atoms with E-state index in [0.717, 1.165) is 6.07 Å². The van der Waals surface area contributed by atoms with E-state index in [4.69, 9.17) is 5.73 Å². The van der Waals surface area contributed by atoms with Crippen molar-refractivity contribution in [1.82, 2.24) is 5.32 Å². The lowest BCUT2D eigenvalue weighted by molar-refractivity contribution is -0.124. The first-order chi connectivity index (χ1) is 9.31. The molecule has 1 rings (SSSR count). The van der Waals surface area contributed by atoms with Gasteiger partial charge in [-0.25, -0.2) is 13.2 Å². The Labute approximate surface area is 125 Å². The third kappa shape index (κ3) is 6.01. The predicted octanol–water partition coefficient (Wildman–Crippen LogP) is 1.32. The van der Waals surface area contributed by atoms with Crippen LogP contribution in [-0.2, 0) is 9.59 Å². The van der Waals surface area contributed by atoms with E-state index in [1.54, 1.807) is 6.92 Å². The molecule has 9 heteroatoms. The zero-order chi connectivity index (χ0) is 15.3. The van der Waals surface area contributed by atoms with Crippen molar-refractivity contribution in [1.29, 1.82) is 0 Å². The van der Waals surface area contributed by atoms with Crippen LogP contribution in [0.4, 0.5) is 18.9 Å². The molecule has 2 amide bonds. The number of hydrogen-bond donors (Lipinski definition) is 3. The number of carbonyl (C=O) groups is 2. The number of hydrogen-bond acceptors (Lipinski definition) is 3. The van der Waals surface area contributed by atoms with Gasteiger partial charge in [0, 0.05) is 12.5 Å². The lowest BCUT2D eigenvalue weighted by Gasteiger charge is -2.09. The lowest BCUT2D eigenvalue weighted by Crippen LogP contribution is -2.35. The van der Waals surface area contributed by atoms with Gasteiger partial charge in [-0.3, -0.25) is 9.59 Å². The Bertz CT molecular complexity index is 527. The Hall–Kier alpha value is -1.80. The quantitative estimate of drug-likeness (QED) is 0.714. The van der Waals surface area contributed by atoms with Crippen LogP contribution in [0.5, 0.6) is 0 Å². The summed E-state index contributed by atoms with van der Waals surface area (Å²) in [6, 6.07) is 1.21. The monoisotopic (exact) mass is 325 g/mol. The Balaban J connectivity index is 0.00000400. The maximum absolute atomic E-state index is 13.3. The van der Waals surface area contributed by atoms with Gasteiger partial charge < -0.3 is 16.4 Å². The minimum atomic E-state index is -1.68. The summed E-state index contributed by atoms with van der Waals surface area (Å²) < 4.78 is 38.9. The molecular formula is C12H15ClF3N3O2. The second-order valence-corrected chi connectivity index (χ2v) is 4.23. The van der Waals surface area contributed by atoms with E-state index in [1.807, 2.05) is 5.32 Å². The van der Waals surface area contributed by atoms with Gasteiger partial charge in [0.2, 0.25) is 11.8 Å². The molecule has 118 valence electrons. The number of anilines is 1. The van der Waals surface area contributed by atoms with E-state index in [-0.39, 0.29) is 24.9 Å². The first kappa shape index (κ1) is 19.2.